The molecule has 2 aliphatic rings. The van der Waals surface area contributed by atoms with E-state index in [1.54, 1.807) is 7.11 Å². The van der Waals surface area contributed by atoms with Crippen LogP contribution in [0.5, 0.6) is 5.75 Å². The highest BCUT2D eigenvalue weighted by Gasteiger charge is 2.32. The minimum absolute atomic E-state index is 0.416. The standard InChI is InChI=1S/C16H23NO2/c1-18-14-8-6-13(7-9-14)16(12-4-5-12)17-11-15-3-2-10-19-15/h6-9,12,15-17H,2-5,10-11H2,1H3. The molecule has 19 heavy (non-hydrogen) atoms. The maximum atomic E-state index is 5.69. The summed E-state index contributed by atoms with van der Waals surface area (Å²) in [4.78, 5) is 0. The summed E-state index contributed by atoms with van der Waals surface area (Å²) in [5.41, 5.74) is 1.38. The summed E-state index contributed by atoms with van der Waals surface area (Å²) < 4.78 is 10.9. The monoisotopic (exact) mass is 261 g/mol. The fraction of sp³-hybridized carbons (Fsp3) is 0.625. The molecular weight excluding hydrogens is 238 g/mol. The van der Waals surface area contributed by atoms with Crippen LogP contribution in [0.25, 0.3) is 0 Å². The zero-order chi connectivity index (χ0) is 13.1. The van der Waals surface area contributed by atoms with Gasteiger partial charge < -0.3 is 14.8 Å². The molecule has 0 aromatic heterocycles. The van der Waals surface area contributed by atoms with E-state index in [0.717, 1.165) is 24.8 Å². The maximum absolute atomic E-state index is 5.69. The minimum atomic E-state index is 0.416. The van der Waals surface area contributed by atoms with Crippen molar-refractivity contribution in [1.82, 2.24) is 5.32 Å². The molecule has 1 saturated heterocycles. The van der Waals surface area contributed by atoms with Crippen molar-refractivity contribution in [3.05, 3.63) is 29.8 Å². The molecule has 0 radical (unpaired) electrons. The molecule has 3 rings (SSSR count). The molecule has 1 heterocycles. The lowest BCUT2D eigenvalue weighted by Crippen LogP contribution is -2.31. The number of benzene rings is 1. The highest BCUT2D eigenvalue weighted by Crippen LogP contribution is 2.41. The largest absolute Gasteiger partial charge is 0.497 e. The number of nitrogens with one attached hydrogen (secondary N) is 1. The Morgan fingerprint density at radius 1 is 1.26 bits per heavy atom. The second kappa shape index (κ2) is 5.93. The van der Waals surface area contributed by atoms with Crippen molar-refractivity contribution >= 4 is 0 Å². The number of methoxy groups -OCH3 is 1. The van der Waals surface area contributed by atoms with Crippen molar-refractivity contribution in [2.45, 2.75) is 37.8 Å². The summed E-state index contributed by atoms with van der Waals surface area (Å²) in [6.07, 6.45) is 5.51. The van der Waals surface area contributed by atoms with Gasteiger partial charge in [-0.15, -0.1) is 0 Å². The first-order chi connectivity index (χ1) is 9.36. The van der Waals surface area contributed by atoms with Gasteiger partial charge in [0.05, 0.1) is 13.2 Å². The van der Waals surface area contributed by atoms with E-state index >= 15 is 0 Å². The number of hydrogen-bond donors (Lipinski definition) is 1. The molecule has 0 amide bonds. The molecule has 1 aliphatic carbocycles. The fourth-order valence-electron chi connectivity index (χ4n) is 2.86. The Morgan fingerprint density at radius 3 is 2.63 bits per heavy atom. The van der Waals surface area contributed by atoms with E-state index in [4.69, 9.17) is 9.47 Å². The third-order valence-electron chi connectivity index (χ3n) is 4.16. The van der Waals surface area contributed by atoms with Crippen LogP contribution >= 0.6 is 0 Å². The molecule has 0 bridgehead atoms. The van der Waals surface area contributed by atoms with Crippen molar-refractivity contribution < 1.29 is 9.47 Å². The van der Waals surface area contributed by atoms with Crippen molar-refractivity contribution in [2.24, 2.45) is 5.92 Å². The molecule has 1 aromatic rings. The van der Waals surface area contributed by atoms with Gasteiger partial charge in [0.15, 0.2) is 0 Å². The first-order valence-electron chi connectivity index (χ1n) is 7.36. The third kappa shape index (κ3) is 3.28. The van der Waals surface area contributed by atoms with E-state index in [1.165, 1.54) is 31.2 Å². The van der Waals surface area contributed by atoms with Gasteiger partial charge in [0, 0.05) is 19.2 Å². The van der Waals surface area contributed by atoms with Crippen LogP contribution in [0, 0.1) is 5.92 Å². The molecule has 3 heteroatoms. The van der Waals surface area contributed by atoms with Crippen molar-refractivity contribution in [2.75, 3.05) is 20.3 Å². The molecular formula is C16H23NO2. The van der Waals surface area contributed by atoms with Crippen LogP contribution in [0.3, 0.4) is 0 Å². The fourth-order valence-corrected chi connectivity index (χ4v) is 2.86. The van der Waals surface area contributed by atoms with Crippen LogP contribution in [0.4, 0.5) is 0 Å². The van der Waals surface area contributed by atoms with E-state index < -0.39 is 0 Å². The average molecular weight is 261 g/mol. The van der Waals surface area contributed by atoms with Crippen LogP contribution in [0.2, 0.25) is 0 Å². The summed E-state index contributed by atoms with van der Waals surface area (Å²) in [6.45, 7) is 1.91. The van der Waals surface area contributed by atoms with Gasteiger partial charge in [-0.25, -0.2) is 0 Å². The lowest BCUT2D eigenvalue weighted by Gasteiger charge is -2.21. The van der Waals surface area contributed by atoms with Crippen LogP contribution in [-0.4, -0.2) is 26.4 Å². The molecule has 2 unspecified atom stereocenters. The predicted octanol–water partition coefficient (Wildman–Crippen LogP) is 2.91. The SMILES string of the molecule is COc1ccc(C(NCC2CCCO2)C2CC2)cc1. The first-order valence-corrected chi connectivity index (χ1v) is 7.36. The zero-order valence-corrected chi connectivity index (χ0v) is 11.6. The van der Waals surface area contributed by atoms with E-state index in [1.807, 2.05) is 0 Å². The topological polar surface area (TPSA) is 30.5 Å². The van der Waals surface area contributed by atoms with E-state index in [9.17, 15) is 0 Å². The zero-order valence-electron chi connectivity index (χ0n) is 11.6. The summed E-state index contributed by atoms with van der Waals surface area (Å²) in [7, 11) is 1.71. The van der Waals surface area contributed by atoms with Gasteiger partial charge in [0.2, 0.25) is 0 Å². The first kappa shape index (κ1) is 12.9. The van der Waals surface area contributed by atoms with Gasteiger partial charge >= 0.3 is 0 Å². The Hall–Kier alpha value is -1.06. The van der Waals surface area contributed by atoms with Gasteiger partial charge in [-0.1, -0.05) is 12.1 Å². The lowest BCUT2D eigenvalue weighted by atomic mass is 10.0. The van der Waals surface area contributed by atoms with E-state index in [2.05, 4.69) is 29.6 Å². The predicted molar refractivity (Wildman–Crippen MR) is 75.4 cm³/mol. The van der Waals surface area contributed by atoms with E-state index in [-0.39, 0.29) is 0 Å². The van der Waals surface area contributed by atoms with Crippen LogP contribution in [0.1, 0.15) is 37.3 Å². The van der Waals surface area contributed by atoms with Gasteiger partial charge in [-0.05, 0) is 49.3 Å². The molecule has 1 N–H and O–H groups in total. The molecule has 1 aromatic carbocycles. The quantitative estimate of drug-likeness (QED) is 0.854. The summed E-state index contributed by atoms with van der Waals surface area (Å²) in [5.74, 6) is 1.73. The third-order valence-corrected chi connectivity index (χ3v) is 4.16. The molecule has 0 spiro atoms. The Balaban J connectivity index is 1.62. The molecule has 104 valence electrons. The van der Waals surface area contributed by atoms with Crippen molar-refractivity contribution in [1.29, 1.82) is 0 Å². The smallest absolute Gasteiger partial charge is 0.118 e. The van der Waals surface area contributed by atoms with Gasteiger partial charge in [0.1, 0.15) is 5.75 Å². The highest BCUT2D eigenvalue weighted by molar-refractivity contribution is 5.30. The Bertz CT molecular complexity index is 394. The second-order valence-electron chi connectivity index (χ2n) is 5.63. The molecule has 2 atom stereocenters. The number of hydrogen-bond acceptors (Lipinski definition) is 3. The minimum Gasteiger partial charge on any atom is -0.497 e. The molecule has 1 aliphatic heterocycles. The van der Waals surface area contributed by atoms with Gasteiger partial charge in [-0.2, -0.15) is 0 Å². The summed E-state index contributed by atoms with van der Waals surface area (Å²) in [6, 6.07) is 8.96. The van der Waals surface area contributed by atoms with Gasteiger partial charge in [0.25, 0.3) is 0 Å². The normalized spacial score (nSPS) is 24.4. The van der Waals surface area contributed by atoms with Crippen LogP contribution in [0.15, 0.2) is 24.3 Å². The summed E-state index contributed by atoms with van der Waals surface area (Å²) >= 11 is 0. The average Bonchev–Trinajstić information content (AvgIpc) is 3.15. The summed E-state index contributed by atoms with van der Waals surface area (Å²) in [5, 5.41) is 3.71. The Labute approximate surface area is 115 Å². The van der Waals surface area contributed by atoms with Crippen molar-refractivity contribution in [3.63, 3.8) is 0 Å². The molecule has 2 fully saturated rings. The van der Waals surface area contributed by atoms with Gasteiger partial charge in [-0.3, -0.25) is 0 Å². The Kier molecular flexibility index (Phi) is 4.04. The maximum Gasteiger partial charge on any atom is 0.118 e. The van der Waals surface area contributed by atoms with Crippen LogP contribution < -0.4 is 10.1 Å². The number of ether oxygens (including phenoxy) is 2. The highest BCUT2D eigenvalue weighted by atomic mass is 16.5. The Morgan fingerprint density at radius 2 is 2.05 bits per heavy atom. The lowest BCUT2D eigenvalue weighted by molar-refractivity contribution is 0.106. The van der Waals surface area contributed by atoms with Crippen molar-refractivity contribution in [3.8, 4) is 5.75 Å². The van der Waals surface area contributed by atoms with E-state index in [0.29, 0.717) is 12.1 Å². The van der Waals surface area contributed by atoms with Crippen LogP contribution in [-0.2, 0) is 4.74 Å². The second-order valence-corrected chi connectivity index (χ2v) is 5.63. The molecule has 3 nitrogen and oxygen atoms in total. The molecule has 1 saturated carbocycles. The number of rotatable bonds is 6.